The number of halogens is 2. The van der Waals surface area contributed by atoms with Crippen molar-refractivity contribution in [1.82, 2.24) is 4.90 Å². The largest absolute Gasteiger partial charge is 0.390 e. The highest BCUT2D eigenvalue weighted by atomic mass is 35.5. The average molecular weight is 328 g/mol. The third-order valence-corrected chi connectivity index (χ3v) is 6.13. The van der Waals surface area contributed by atoms with Gasteiger partial charge >= 0.3 is 0 Å². The first kappa shape index (κ1) is 15.6. The molecule has 0 aromatic heterocycles. The molecule has 2 aliphatic rings. The molecule has 2 nitrogen and oxygen atoms in total. The quantitative estimate of drug-likeness (QED) is 0.891. The predicted octanol–water partition coefficient (Wildman–Crippen LogP) is 4.37. The van der Waals surface area contributed by atoms with Crippen molar-refractivity contribution in [3.8, 4) is 0 Å². The molecule has 116 valence electrons. The van der Waals surface area contributed by atoms with E-state index in [-0.39, 0.29) is 0 Å². The van der Waals surface area contributed by atoms with Gasteiger partial charge in [-0.3, -0.25) is 4.90 Å². The zero-order valence-corrected chi connectivity index (χ0v) is 14.0. The van der Waals surface area contributed by atoms with Crippen LogP contribution in [0.5, 0.6) is 0 Å². The molecule has 0 radical (unpaired) electrons. The van der Waals surface area contributed by atoms with Crippen LogP contribution in [0.3, 0.4) is 0 Å². The fourth-order valence-electron chi connectivity index (χ4n) is 4.18. The number of aliphatic hydroxyl groups is 1. The maximum atomic E-state index is 10.8. The van der Waals surface area contributed by atoms with Gasteiger partial charge in [0.25, 0.3) is 0 Å². The molecule has 0 bridgehead atoms. The van der Waals surface area contributed by atoms with Crippen LogP contribution in [0.2, 0.25) is 10.0 Å². The Kier molecular flexibility index (Phi) is 4.52. The van der Waals surface area contributed by atoms with Crippen LogP contribution in [0.25, 0.3) is 0 Å². The molecular weight excluding hydrogens is 305 g/mol. The van der Waals surface area contributed by atoms with Crippen molar-refractivity contribution in [2.24, 2.45) is 11.8 Å². The molecule has 1 N–H and O–H groups in total. The van der Waals surface area contributed by atoms with Gasteiger partial charge in [0.1, 0.15) is 0 Å². The summed E-state index contributed by atoms with van der Waals surface area (Å²) >= 11 is 12.1. The molecule has 0 unspecified atom stereocenters. The van der Waals surface area contributed by atoms with Crippen molar-refractivity contribution >= 4 is 23.2 Å². The van der Waals surface area contributed by atoms with Gasteiger partial charge in [-0.15, -0.1) is 0 Å². The summed E-state index contributed by atoms with van der Waals surface area (Å²) in [6.45, 7) is 5.09. The topological polar surface area (TPSA) is 23.5 Å². The number of likely N-dealkylation sites (tertiary alicyclic amines) is 1. The second-order valence-electron chi connectivity index (χ2n) is 6.66. The summed E-state index contributed by atoms with van der Waals surface area (Å²) < 4.78 is 0. The number of nitrogens with zero attached hydrogens (tertiary/aromatic N) is 1. The Morgan fingerprint density at radius 1 is 1.29 bits per heavy atom. The number of hydrogen-bond donors (Lipinski definition) is 1. The zero-order valence-electron chi connectivity index (χ0n) is 12.5. The number of hydrogen-bond acceptors (Lipinski definition) is 2. The fraction of sp³-hybridized carbons (Fsp3) is 0.647. The van der Waals surface area contributed by atoms with Crippen LogP contribution in [-0.2, 0) is 6.54 Å². The summed E-state index contributed by atoms with van der Waals surface area (Å²) in [4.78, 5) is 2.46. The van der Waals surface area contributed by atoms with Crippen molar-refractivity contribution < 1.29 is 5.11 Å². The minimum Gasteiger partial charge on any atom is -0.390 e. The molecule has 21 heavy (non-hydrogen) atoms. The number of fused-ring (bicyclic) bond motifs is 1. The van der Waals surface area contributed by atoms with E-state index in [0.29, 0.717) is 21.9 Å². The average Bonchev–Trinajstić information content (AvgIpc) is 2.87. The van der Waals surface area contributed by atoms with Crippen LogP contribution in [0.1, 0.15) is 38.2 Å². The third kappa shape index (κ3) is 3.10. The first-order chi connectivity index (χ1) is 10.0. The van der Waals surface area contributed by atoms with E-state index in [1.807, 2.05) is 18.2 Å². The summed E-state index contributed by atoms with van der Waals surface area (Å²) in [5.74, 6) is 1.07. The molecule has 3 rings (SSSR count). The van der Waals surface area contributed by atoms with E-state index < -0.39 is 5.60 Å². The SMILES string of the molecule is CC[C@@]1(O)CCC[C@@H]2CN(Cc3ccc(Cl)c(Cl)c3)C[C@@H]21. The van der Waals surface area contributed by atoms with E-state index >= 15 is 0 Å². The van der Waals surface area contributed by atoms with Gasteiger partial charge in [0.2, 0.25) is 0 Å². The van der Waals surface area contributed by atoms with Crippen LogP contribution in [-0.4, -0.2) is 28.7 Å². The zero-order chi connectivity index (χ0) is 15.0. The number of rotatable bonds is 3. The summed E-state index contributed by atoms with van der Waals surface area (Å²) in [5, 5.41) is 12.1. The molecule has 1 aliphatic heterocycles. The van der Waals surface area contributed by atoms with Crippen molar-refractivity contribution in [1.29, 1.82) is 0 Å². The molecule has 0 spiro atoms. The predicted molar refractivity (Wildman–Crippen MR) is 87.8 cm³/mol. The first-order valence-electron chi connectivity index (χ1n) is 7.90. The molecule has 1 heterocycles. The second-order valence-corrected chi connectivity index (χ2v) is 7.47. The van der Waals surface area contributed by atoms with E-state index in [9.17, 15) is 5.11 Å². The Labute approximate surface area is 137 Å². The van der Waals surface area contributed by atoms with Crippen molar-refractivity contribution in [2.75, 3.05) is 13.1 Å². The van der Waals surface area contributed by atoms with Crippen molar-refractivity contribution in [3.63, 3.8) is 0 Å². The van der Waals surface area contributed by atoms with E-state index in [2.05, 4.69) is 11.8 Å². The van der Waals surface area contributed by atoms with Crippen LogP contribution in [0.4, 0.5) is 0 Å². The smallest absolute Gasteiger partial charge is 0.0688 e. The van der Waals surface area contributed by atoms with Gasteiger partial charge in [-0.25, -0.2) is 0 Å². The van der Waals surface area contributed by atoms with Gasteiger partial charge in [0.05, 0.1) is 15.6 Å². The maximum Gasteiger partial charge on any atom is 0.0688 e. The van der Waals surface area contributed by atoms with E-state index in [0.717, 1.165) is 38.9 Å². The minimum atomic E-state index is -0.449. The van der Waals surface area contributed by atoms with Crippen molar-refractivity contribution in [3.05, 3.63) is 33.8 Å². The Hall–Kier alpha value is -0.280. The Balaban J connectivity index is 1.70. The monoisotopic (exact) mass is 327 g/mol. The molecule has 1 saturated carbocycles. The van der Waals surface area contributed by atoms with E-state index in [1.54, 1.807) is 0 Å². The first-order valence-corrected chi connectivity index (χ1v) is 8.66. The van der Waals surface area contributed by atoms with Crippen LogP contribution < -0.4 is 0 Å². The summed E-state index contributed by atoms with van der Waals surface area (Å²) in [5.41, 5.74) is 0.748. The Bertz CT molecular complexity index is 522. The molecule has 1 aromatic carbocycles. The highest BCUT2D eigenvalue weighted by molar-refractivity contribution is 6.42. The highest BCUT2D eigenvalue weighted by Crippen LogP contribution is 2.44. The standard InChI is InChI=1S/C17H23Cl2NO/c1-2-17(21)7-3-4-13-10-20(11-14(13)17)9-12-5-6-15(18)16(19)8-12/h5-6,8,13-14,21H,2-4,7,9-11H2,1H3/t13-,14+,17-/m1/s1. The highest BCUT2D eigenvalue weighted by Gasteiger charge is 2.47. The Morgan fingerprint density at radius 3 is 2.81 bits per heavy atom. The molecule has 4 heteroatoms. The van der Waals surface area contributed by atoms with Gasteiger partial charge in [-0.1, -0.05) is 42.6 Å². The maximum absolute atomic E-state index is 10.8. The minimum absolute atomic E-state index is 0.430. The van der Waals surface area contributed by atoms with Gasteiger partial charge in [0.15, 0.2) is 0 Å². The molecule has 1 aromatic rings. The lowest BCUT2D eigenvalue weighted by atomic mass is 9.69. The molecule has 1 saturated heterocycles. The second kappa shape index (κ2) is 6.08. The molecule has 3 atom stereocenters. The molecular formula is C17H23Cl2NO. The molecule has 2 fully saturated rings. The van der Waals surface area contributed by atoms with Crippen LogP contribution in [0, 0.1) is 11.8 Å². The van der Waals surface area contributed by atoms with Gasteiger partial charge in [-0.05, 0) is 42.9 Å². The lowest BCUT2D eigenvalue weighted by Crippen LogP contribution is -2.44. The van der Waals surface area contributed by atoms with Gasteiger partial charge < -0.3 is 5.11 Å². The van der Waals surface area contributed by atoms with Gasteiger partial charge in [0, 0.05) is 25.6 Å². The molecule has 1 aliphatic carbocycles. The van der Waals surface area contributed by atoms with E-state index in [4.69, 9.17) is 23.2 Å². The summed E-state index contributed by atoms with van der Waals surface area (Å²) in [6.07, 6.45) is 4.25. The van der Waals surface area contributed by atoms with Gasteiger partial charge in [-0.2, -0.15) is 0 Å². The van der Waals surface area contributed by atoms with Crippen LogP contribution >= 0.6 is 23.2 Å². The lowest BCUT2D eigenvalue weighted by Gasteiger charge is -2.40. The normalized spacial score (nSPS) is 33.1. The van der Waals surface area contributed by atoms with Crippen molar-refractivity contribution in [2.45, 2.75) is 44.8 Å². The number of benzene rings is 1. The Morgan fingerprint density at radius 2 is 2.10 bits per heavy atom. The third-order valence-electron chi connectivity index (χ3n) is 5.39. The molecule has 0 amide bonds. The summed E-state index contributed by atoms with van der Waals surface area (Å²) in [6, 6.07) is 5.87. The van der Waals surface area contributed by atoms with Crippen LogP contribution in [0.15, 0.2) is 18.2 Å². The van der Waals surface area contributed by atoms with E-state index in [1.165, 1.54) is 12.0 Å². The summed E-state index contributed by atoms with van der Waals surface area (Å²) in [7, 11) is 0. The fourth-order valence-corrected chi connectivity index (χ4v) is 4.50. The lowest BCUT2D eigenvalue weighted by molar-refractivity contribution is -0.0613.